The molecule has 0 bridgehead atoms. The molecule has 23 heavy (non-hydrogen) atoms. The summed E-state index contributed by atoms with van der Waals surface area (Å²) in [4.78, 5) is 13.9. The summed E-state index contributed by atoms with van der Waals surface area (Å²) >= 11 is 1.75. The Bertz CT molecular complexity index is 843. The Morgan fingerprint density at radius 2 is 2.04 bits per heavy atom. The van der Waals surface area contributed by atoms with E-state index in [0.717, 1.165) is 24.3 Å². The number of carbonyl (C=O) groups excluding carboxylic acids is 1. The predicted molar refractivity (Wildman–Crippen MR) is 95.2 cm³/mol. The lowest BCUT2D eigenvalue weighted by atomic mass is 10.2. The highest BCUT2D eigenvalue weighted by Crippen LogP contribution is 2.30. The van der Waals surface area contributed by atoms with Gasteiger partial charge in [0.2, 0.25) is 0 Å². The molecule has 2 aromatic heterocycles. The molecule has 118 valence electrons. The third-order valence-electron chi connectivity index (χ3n) is 4.38. The fourth-order valence-electron chi connectivity index (χ4n) is 2.94. The van der Waals surface area contributed by atoms with E-state index in [2.05, 4.69) is 35.0 Å². The predicted octanol–water partition coefficient (Wildman–Crippen LogP) is 4.20. The van der Waals surface area contributed by atoms with Gasteiger partial charge in [0.15, 0.2) is 0 Å². The smallest absolute Gasteiger partial charge is 0.267 e. The van der Waals surface area contributed by atoms with E-state index < -0.39 is 0 Å². The lowest BCUT2D eigenvalue weighted by Crippen LogP contribution is -2.27. The number of nitrogens with one attached hydrogen (secondary N) is 1. The van der Waals surface area contributed by atoms with Crippen LogP contribution in [0.25, 0.3) is 10.2 Å². The molecule has 1 aliphatic rings. The average Bonchev–Trinajstić information content (AvgIpc) is 3.23. The van der Waals surface area contributed by atoms with Gasteiger partial charge in [-0.15, -0.1) is 11.3 Å². The first-order chi connectivity index (χ1) is 11.2. The molecule has 3 nitrogen and oxygen atoms in total. The van der Waals surface area contributed by atoms with Gasteiger partial charge in [0, 0.05) is 18.0 Å². The Balaban J connectivity index is 1.68. The Kier molecular flexibility index (Phi) is 3.69. The first-order valence-electron chi connectivity index (χ1n) is 8.12. The maximum Gasteiger partial charge on any atom is 0.267 e. The van der Waals surface area contributed by atoms with Crippen LogP contribution in [0.5, 0.6) is 0 Å². The lowest BCUT2D eigenvalue weighted by molar-refractivity contribution is 0.0943. The summed E-state index contributed by atoms with van der Waals surface area (Å²) in [5.74, 6) is 0.744. The number of rotatable bonds is 5. The van der Waals surface area contributed by atoms with Crippen LogP contribution in [-0.2, 0) is 6.54 Å². The monoisotopic (exact) mass is 324 g/mol. The van der Waals surface area contributed by atoms with Crippen molar-refractivity contribution in [3.8, 4) is 0 Å². The second-order valence-electron chi connectivity index (χ2n) is 6.36. The van der Waals surface area contributed by atoms with Crippen molar-refractivity contribution in [3.63, 3.8) is 0 Å². The molecule has 0 spiro atoms. The number of hydrogen-bond donors (Lipinski definition) is 1. The SMILES string of the molecule is Cc1cc2c(cc(C(=O)NCC3CC3)n2Cc2ccccc2)s1. The van der Waals surface area contributed by atoms with Gasteiger partial charge in [0.1, 0.15) is 5.69 Å². The number of hydrogen-bond acceptors (Lipinski definition) is 2. The number of thiophene rings is 1. The summed E-state index contributed by atoms with van der Waals surface area (Å²) in [5.41, 5.74) is 3.15. The zero-order chi connectivity index (χ0) is 15.8. The van der Waals surface area contributed by atoms with Gasteiger partial charge < -0.3 is 9.88 Å². The second kappa shape index (κ2) is 5.85. The average molecular weight is 324 g/mol. The topological polar surface area (TPSA) is 34.0 Å². The van der Waals surface area contributed by atoms with Crippen molar-refractivity contribution in [3.05, 3.63) is 58.6 Å². The molecular weight excluding hydrogens is 304 g/mol. The fraction of sp³-hybridized carbons (Fsp3) is 0.316. The second-order valence-corrected chi connectivity index (χ2v) is 7.65. The minimum absolute atomic E-state index is 0.0499. The van der Waals surface area contributed by atoms with Crippen LogP contribution < -0.4 is 5.32 Å². The van der Waals surface area contributed by atoms with E-state index in [1.165, 1.54) is 28.0 Å². The molecule has 1 N–H and O–H groups in total. The Morgan fingerprint density at radius 1 is 1.26 bits per heavy atom. The van der Waals surface area contributed by atoms with Crippen molar-refractivity contribution in [1.29, 1.82) is 0 Å². The molecule has 2 heterocycles. The van der Waals surface area contributed by atoms with E-state index >= 15 is 0 Å². The van der Waals surface area contributed by atoms with E-state index in [4.69, 9.17) is 0 Å². The highest BCUT2D eigenvalue weighted by atomic mass is 32.1. The molecule has 1 aliphatic carbocycles. The molecule has 1 fully saturated rings. The van der Waals surface area contributed by atoms with Crippen LogP contribution in [0.4, 0.5) is 0 Å². The number of amides is 1. The normalized spacial score (nSPS) is 14.3. The van der Waals surface area contributed by atoms with Crippen LogP contribution in [0.15, 0.2) is 42.5 Å². The van der Waals surface area contributed by atoms with E-state index in [1.54, 1.807) is 11.3 Å². The van der Waals surface area contributed by atoms with Crippen LogP contribution in [0.3, 0.4) is 0 Å². The largest absolute Gasteiger partial charge is 0.350 e. The van der Waals surface area contributed by atoms with Gasteiger partial charge >= 0.3 is 0 Å². The number of carbonyl (C=O) groups is 1. The van der Waals surface area contributed by atoms with E-state index in [9.17, 15) is 4.79 Å². The van der Waals surface area contributed by atoms with Crippen molar-refractivity contribution in [2.45, 2.75) is 26.3 Å². The molecule has 4 heteroatoms. The van der Waals surface area contributed by atoms with Gasteiger partial charge in [-0.25, -0.2) is 0 Å². The maximum atomic E-state index is 12.6. The highest BCUT2D eigenvalue weighted by molar-refractivity contribution is 7.19. The van der Waals surface area contributed by atoms with Crippen molar-refractivity contribution in [2.24, 2.45) is 5.92 Å². The summed E-state index contributed by atoms with van der Waals surface area (Å²) in [6.07, 6.45) is 2.50. The first-order valence-corrected chi connectivity index (χ1v) is 8.94. The van der Waals surface area contributed by atoms with Gasteiger partial charge in [-0.2, -0.15) is 0 Å². The first kappa shape index (κ1) is 14.5. The zero-order valence-corrected chi connectivity index (χ0v) is 14.0. The summed E-state index contributed by atoms with van der Waals surface area (Å²) in [6, 6.07) is 14.5. The van der Waals surface area contributed by atoms with Gasteiger partial charge in [0.05, 0.1) is 10.2 Å². The van der Waals surface area contributed by atoms with Crippen molar-refractivity contribution in [1.82, 2.24) is 9.88 Å². The molecule has 0 radical (unpaired) electrons. The van der Waals surface area contributed by atoms with Crippen LogP contribution in [-0.4, -0.2) is 17.0 Å². The molecule has 0 saturated heterocycles. The third kappa shape index (κ3) is 3.04. The molecule has 0 atom stereocenters. The Morgan fingerprint density at radius 3 is 2.78 bits per heavy atom. The fourth-order valence-corrected chi connectivity index (χ4v) is 3.90. The van der Waals surface area contributed by atoms with E-state index in [0.29, 0.717) is 5.92 Å². The van der Waals surface area contributed by atoms with Gasteiger partial charge in [0.25, 0.3) is 5.91 Å². The van der Waals surface area contributed by atoms with Gasteiger partial charge in [-0.1, -0.05) is 30.3 Å². The summed E-state index contributed by atoms with van der Waals surface area (Å²) in [7, 11) is 0. The minimum atomic E-state index is 0.0499. The number of fused-ring (bicyclic) bond motifs is 1. The number of nitrogens with zero attached hydrogens (tertiary/aromatic N) is 1. The molecular formula is C19H20N2OS. The number of aromatic nitrogens is 1. The third-order valence-corrected chi connectivity index (χ3v) is 5.36. The zero-order valence-electron chi connectivity index (χ0n) is 13.2. The summed E-state index contributed by atoms with van der Waals surface area (Å²) in [6.45, 7) is 3.65. The van der Waals surface area contributed by atoms with Crippen LogP contribution >= 0.6 is 11.3 Å². The van der Waals surface area contributed by atoms with Crippen LogP contribution in [0.2, 0.25) is 0 Å². The molecule has 0 aliphatic heterocycles. The standard InChI is InChI=1S/C19H20N2OS/c1-13-9-16-18(23-13)10-17(19(22)20-11-14-7-8-14)21(16)12-15-5-3-2-4-6-15/h2-6,9-10,14H,7-8,11-12H2,1H3,(H,20,22). The molecule has 1 aromatic carbocycles. The van der Waals surface area contributed by atoms with Gasteiger partial charge in [-0.3, -0.25) is 4.79 Å². The van der Waals surface area contributed by atoms with Crippen LogP contribution in [0.1, 0.15) is 33.8 Å². The quantitative estimate of drug-likeness (QED) is 0.750. The Hall–Kier alpha value is -2.07. The number of benzene rings is 1. The molecule has 1 amide bonds. The molecule has 4 rings (SSSR count). The number of aryl methyl sites for hydroxylation is 1. The highest BCUT2D eigenvalue weighted by Gasteiger charge is 2.23. The van der Waals surface area contributed by atoms with E-state index in [1.807, 2.05) is 24.3 Å². The maximum absolute atomic E-state index is 12.6. The molecule has 0 unspecified atom stereocenters. The summed E-state index contributed by atoms with van der Waals surface area (Å²) in [5, 5.41) is 3.10. The van der Waals surface area contributed by atoms with Crippen molar-refractivity contribution >= 4 is 27.5 Å². The molecule has 1 saturated carbocycles. The van der Waals surface area contributed by atoms with Crippen molar-refractivity contribution in [2.75, 3.05) is 6.54 Å². The molecule has 3 aromatic rings. The van der Waals surface area contributed by atoms with Crippen molar-refractivity contribution < 1.29 is 4.79 Å². The van der Waals surface area contributed by atoms with E-state index in [-0.39, 0.29) is 5.91 Å². The van der Waals surface area contributed by atoms with Gasteiger partial charge in [-0.05, 0) is 43.4 Å². The summed E-state index contributed by atoms with van der Waals surface area (Å²) < 4.78 is 3.34. The Labute approximate surface area is 139 Å². The van der Waals surface area contributed by atoms with Crippen LogP contribution in [0, 0.1) is 12.8 Å². The minimum Gasteiger partial charge on any atom is -0.350 e. The lowest BCUT2D eigenvalue weighted by Gasteiger charge is -2.11.